The monoisotopic (exact) mass is 388 g/mol. The minimum atomic E-state index is -0.790. The summed E-state index contributed by atoms with van der Waals surface area (Å²) >= 11 is 1.52. The van der Waals surface area contributed by atoms with Crippen molar-refractivity contribution in [2.75, 3.05) is 12.4 Å². The Labute approximate surface area is 164 Å². The Balaban J connectivity index is 3.70. The Kier molecular flexibility index (Phi) is 18.9. The van der Waals surface area contributed by atoms with Crippen LogP contribution in [0, 0.1) is 0 Å². The SMILES string of the molecule is CCCCCCCCCCCCC=CC(SCCCC(=O)O)C(O)CO. The Morgan fingerprint density at radius 3 is 2.08 bits per heavy atom. The van der Waals surface area contributed by atoms with Gasteiger partial charge in [0.2, 0.25) is 0 Å². The van der Waals surface area contributed by atoms with Gasteiger partial charge in [-0.1, -0.05) is 76.9 Å². The van der Waals surface area contributed by atoms with Crippen LogP contribution < -0.4 is 0 Å². The molecule has 0 amide bonds. The molecule has 0 saturated heterocycles. The van der Waals surface area contributed by atoms with E-state index in [1.54, 1.807) is 0 Å². The van der Waals surface area contributed by atoms with E-state index in [4.69, 9.17) is 10.2 Å². The molecule has 0 spiro atoms. The lowest BCUT2D eigenvalue weighted by Crippen LogP contribution is -2.25. The zero-order chi connectivity index (χ0) is 19.5. The van der Waals surface area contributed by atoms with Crippen molar-refractivity contribution >= 4 is 17.7 Å². The number of allylic oxidation sites excluding steroid dienone is 1. The normalized spacial score (nSPS) is 14.0. The quantitative estimate of drug-likeness (QED) is 0.210. The number of thioether (sulfide) groups is 1. The molecule has 0 aliphatic rings. The van der Waals surface area contributed by atoms with Crippen LogP contribution in [0.1, 0.15) is 90.4 Å². The van der Waals surface area contributed by atoms with Gasteiger partial charge in [-0.05, 0) is 25.0 Å². The van der Waals surface area contributed by atoms with Gasteiger partial charge < -0.3 is 15.3 Å². The first-order valence-corrected chi connectivity index (χ1v) is 11.5. The summed E-state index contributed by atoms with van der Waals surface area (Å²) in [4.78, 5) is 10.5. The van der Waals surface area contributed by atoms with E-state index in [1.165, 1.54) is 69.5 Å². The van der Waals surface area contributed by atoms with E-state index in [-0.39, 0.29) is 18.3 Å². The largest absolute Gasteiger partial charge is 0.481 e. The van der Waals surface area contributed by atoms with Gasteiger partial charge >= 0.3 is 5.97 Å². The van der Waals surface area contributed by atoms with Gasteiger partial charge in [0.15, 0.2) is 0 Å². The molecule has 154 valence electrons. The summed E-state index contributed by atoms with van der Waals surface area (Å²) in [7, 11) is 0. The van der Waals surface area contributed by atoms with Crippen molar-refractivity contribution in [2.45, 2.75) is 102 Å². The average molecular weight is 389 g/mol. The van der Waals surface area contributed by atoms with Gasteiger partial charge in [0, 0.05) is 6.42 Å². The van der Waals surface area contributed by atoms with E-state index < -0.39 is 12.1 Å². The number of aliphatic hydroxyl groups excluding tert-OH is 2. The molecule has 0 heterocycles. The Morgan fingerprint density at radius 1 is 0.962 bits per heavy atom. The summed E-state index contributed by atoms with van der Waals surface area (Å²) in [5.41, 5.74) is 0. The van der Waals surface area contributed by atoms with Crippen molar-refractivity contribution < 1.29 is 20.1 Å². The third kappa shape index (κ3) is 16.9. The maximum Gasteiger partial charge on any atom is 0.303 e. The van der Waals surface area contributed by atoms with Crippen LogP contribution in [-0.4, -0.2) is 45.0 Å². The first-order chi connectivity index (χ1) is 12.6. The molecule has 26 heavy (non-hydrogen) atoms. The molecule has 2 unspecified atom stereocenters. The van der Waals surface area contributed by atoms with E-state index in [2.05, 4.69) is 13.0 Å². The lowest BCUT2D eigenvalue weighted by atomic mass is 10.1. The van der Waals surface area contributed by atoms with E-state index >= 15 is 0 Å². The average Bonchev–Trinajstić information content (AvgIpc) is 2.63. The second-order valence-corrected chi connectivity index (χ2v) is 8.27. The summed E-state index contributed by atoms with van der Waals surface area (Å²) in [5.74, 6) is -0.113. The first-order valence-electron chi connectivity index (χ1n) is 10.4. The molecule has 0 aliphatic heterocycles. The van der Waals surface area contributed by atoms with Gasteiger partial charge in [0.1, 0.15) is 0 Å². The highest BCUT2D eigenvalue weighted by atomic mass is 32.2. The lowest BCUT2D eigenvalue weighted by Gasteiger charge is -2.17. The first kappa shape index (κ1) is 25.5. The third-order valence-corrected chi connectivity index (χ3v) is 5.84. The van der Waals surface area contributed by atoms with E-state index in [0.717, 1.165) is 12.8 Å². The molecule has 0 rings (SSSR count). The van der Waals surface area contributed by atoms with Crippen LogP contribution in [0.4, 0.5) is 0 Å². The fourth-order valence-corrected chi connectivity index (χ4v) is 3.94. The minimum absolute atomic E-state index is 0.150. The maximum atomic E-state index is 10.5. The standard InChI is InChI=1S/C21H40O4S/c1-2-3-4-5-6-7-8-9-10-11-12-13-15-20(19(23)18-22)26-17-14-16-21(24)25/h13,15,19-20,22-23H,2-12,14,16-18H2,1H3,(H,24,25). The summed E-state index contributed by atoms with van der Waals surface area (Å²) in [5, 5.41) is 27.5. The molecule has 3 N–H and O–H groups in total. The zero-order valence-corrected chi connectivity index (χ0v) is 17.4. The molecule has 0 saturated carbocycles. The summed E-state index contributed by atoms with van der Waals surface area (Å²) in [6, 6.07) is 0. The van der Waals surface area contributed by atoms with Crippen LogP contribution in [0.2, 0.25) is 0 Å². The number of carbonyl (C=O) groups is 1. The van der Waals surface area contributed by atoms with Crippen LogP contribution >= 0.6 is 11.8 Å². The molecule has 0 bridgehead atoms. The number of aliphatic carboxylic acids is 1. The van der Waals surface area contributed by atoms with Crippen molar-refractivity contribution in [1.82, 2.24) is 0 Å². The fourth-order valence-electron chi connectivity index (χ4n) is 2.82. The van der Waals surface area contributed by atoms with Crippen LogP contribution in [0.5, 0.6) is 0 Å². The highest BCUT2D eigenvalue weighted by molar-refractivity contribution is 8.00. The summed E-state index contributed by atoms with van der Waals surface area (Å²) < 4.78 is 0. The molecule has 0 aromatic rings. The van der Waals surface area contributed by atoms with E-state index in [1.807, 2.05) is 6.08 Å². The number of hydrogen-bond donors (Lipinski definition) is 3. The Morgan fingerprint density at radius 2 is 1.54 bits per heavy atom. The third-order valence-electron chi connectivity index (χ3n) is 4.46. The highest BCUT2D eigenvalue weighted by Crippen LogP contribution is 2.19. The predicted octanol–water partition coefficient (Wildman–Crippen LogP) is 5.17. The van der Waals surface area contributed by atoms with Gasteiger partial charge in [-0.2, -0.15) is 11.8 Å². The van der Waals surface area contributed by atoms with Crippen molar-refractivity contribution in [1.29, 1.82) is 0 Å². The second kappa shape index (κ2) is 19.2. The lowest BCUT2D eigenvalue weighted by molar-refractivity contribution is -0.137. The molecule has 4 nitrogen and oxygen atoms in total. The molecular weight excluding hydrogens is 348 g/mol. The van der Waals surface area contributed by atoms with Gasteiger partial charge in [0.05, 0.1) is 18.0 Å². The van der Waals surface area contributed by atoms with Gasteiger partial charge in [0.25, 0.3) is 0 Å². The molecule has 5 heteroatoms. The molecule has 0 aliphatic carbocycles. The number of carboxylic acids is 1. The number of carboxylic acid groups (broad SMARTS) is 1. The molecule has 0 fully saturated rings. The van der Waals surface area contributed by atoms with Gasteiger partial charge in [-0.15, -0.1) is 0 Å². The second-order valence-electron chi connectivity index (χ2n) is 6.98. The fraction of sp³-hybridized carbons (Fsp3) is 0.857. The molecule has 2 atom stereocenters. The smallest absolute Gasteiger partial charge is 0.303 e. The van der Waals surface area contributed by atoms with Gasteiger partial charge in [-0.3, -0.25) is 4.79 Å². The Bertz CT molecular complexity index is 347. The molecule has 0 aromatic carbocycles. The highest BCUT2D eigenvalue weighted by Gasteiger charge is 2.15. The number of aliphatic hydroxyl groups is 2. The topological polar surface area (TPSA) is 77.8 Å². The van der Waals surface area contributed by atoms with Crippen molar-refractivity contribution in [3.63, 3.8) is 0 Å². The number of unbranched alkanes of at least 4 members (excludes halogenated alkanes) is 10. The summed E-state index contributed by atoms with van der Waals surface area (Å²) in [6.45, 7) is 1.98. The van der Waals surface area contributed by atoms with Crippen LogP contribution in [0.25, 0.3) is 0 Å². The van der Waals surface area contributed by atoms with E-state index in [0.29, 0.717) is 12.2 Å². The maximum absolute atomic E-state index is 10.5. The zero-order valence-electron chi connectivity index (χ0n) is 16.6. The number of hydrogen-bond acceptors (Lipinski definition) is 4. The Hall–Kier alpha value is -0.520. The molecule has 0 aromatic heterocycles. The van der Waals surface area contributed by atoms with Crippen molar-refractivity contribution in [2.24, 2.45) is 0 Å². The predicted molar refractivity (Wildman–Crippen MR) is 112 cm³/mol. The number of rotatable bonds is 19. The minimum Gasteiger partial charge on any atom is -0.481 e. The van der Waals surface area contributed by atoms with E-state index in [9.17, 15) is 9.90 Å². The molecular formula is C21H40O4S. The molecule has 0 radical (unpaired) electrons. The van der Waals surface area contributed by atoms with Crippen molar-refractivity contribution in [3.05, 3.63) is 12.2 Å². The van der Waals surface area contributed by atoms with Crippen molar-refractivity contribution in [3.8, 4) is 0 Å². The van der Waals surface area contributed by atoms with Crippen LogP contribution in [0.3, 0.4) is 0 Å². The van der Waals surface area contributed by atoms with Crippen LogP contribution in [0.15, 0.2) is 12.2 Å². The van der Waals surface area contributed by atoms with Gasteiger partial charge in [-0.25, -0.2) is 0 Å². The van der Waals surface area contributed by atoms with Crippen LogP contribution in [-0.2, 0) is 4.79 Å². The summed E-state index contributed by atoms with van der Waals surface area (Å²) in [6.07, 6.45) is 18.3.